The summed E-state index contributed by atoms with van der Waals surface area (Å²) in [4.78, 5) is 24.2. The number of hydrogen-bond acceptors (Lipinski definition) is 5. The van der Waals surface area contributed by atoms with Crippen LogP contribution in [0.25, 0.3) is 0 Å². The number of benzene rings is 2. The molecule has 2 aromatic rings. The van der Waals surface area contributed by atoms with E-state index >= 15 is 0 Å². The minimum absolute atomic E-state index is 0.0201. The molecular weight excluding hydrogens is 353 g/mol. The van der Waals surface area contributed by atoms with E-state index in [0.717, 1.165) is 5.56 Å². The third kappa shape index (κ3) is 5.20. The van der Waals surface area contributed by atoms with E-state index in [4.69, 9.17) is 14.2 Å². The van der Waals surface area contributed by atoms with Crippen LogP contribution in [-0.4, -0.2) is 31.2 Å². The summed E-state index contributed by atoms with van der Waals surface area (Å²) in [6, 6.07) is 11.0. The zero-order valence-electron chi connectivity index (χ0n) is 14.9. The summed E-state index contributed by atoms with van der Waals surface area (Å²) in [6.07, 6.45) is -0.915. The molecule has 1 amide bonds. The van der Waals surface area contributed by atoms with Crippen molar-refractivity contribution in [2.24, 2.45) is 0 Å². The highest BCUT2D eigenvalue weighted by atomic mass is 19.1. The zero-order valence-corrected chi connectivity index (χ0v) is 14.9. The van der Waals surface area contributed by atoms with Gasteiger partial charge in [0.15, 0.2) is 17.6 Å². The van der Waals surface area contributed by atoms with Crippen molar-refractivity contribution in [3.05, 3.63) is 59.4 Å². The second-order valence-electron chi connectivity index (χ2n) is 6.13. The lowest BCUT2D eigenvalue weighted by Gasteiger charge is -2.19. The number of carbonyl (C=O) groups is 2. The van der Waals surface area contributed by atoms with Crippen molar-refractivity contribution in [1.29, 1.82) is 0 Å². The molecule has 0 unspecified atom stereocenters. The zero-order chi connectivity index (χ0) is 19.2. The van der Waals surface area contributed by atoms with Gasteiger partial charge in [0.25, 0.3) is 5.91 Å². The highest BCUT2D eigenvalue weighted by molar-refractivity contribution is 5.83. The summed E-state index contributed by atoms with van der Waals surface area (Å²) >= 11 is 0. The highest BCUT2D eigenvalue weighted by Gasteiger charge is 2.19. The molecule has 6 nitrogen and oxygen atoms in total. The van der Waals surface area contributed by atoms with Gasteiger partial charge in [-0.15, -0.1) is 0 Å². The fraction of sp³-hybridized carbons (Fsp3) is 0.300. The maximum absolute atomic E-state index is 12.9. The average Bonchev–Trinajstić information content (AvgIpc) is 2.67. The van der Waals surface area contributed by atoms with Gasteiger partial charge in [0, 0.05) is 6.54 Å². The van der Waals surface area contributed by atoms with E-state index in [1.807, 2.05) is 0 Å². The van der Waals surface area contributed by atoms with Crippen LogP contribution in [-0.2, 0) is 27.3 Å². The van der Waals surface area contributed by atoms with Gasteiger partial charge in [-0.05, 0) is 42.3 Å². The van der Waals surface area contributed by atoms with Gasteiger partial charge in [0.1, 0.15) is 19.0 Å². The topological polar surface area (TPSA) is 73.9 Å². The molecule has 3 rings (SSSR count). The lowest BCUT2D eigenvalue weighted by Crippen LogP contribution is -2.35. The molecule has 1 aliphatic heterocycles. The predicted molar refractivity (Wildman–Crippen MR) is 94.9 cm³/mol. The summed E-state index contributed by atoms with van der Waals surface area (Å²) in [5.41, 5.74) is 1.46. The van der Waals surface area contributed by atoms with E-state index in [0.29, 0.717) is 30.3 Å². The third-order valence-corrected chi connectivity index (χ3v) is 4.01. The standard InChI is InChI=1S/C20H20FNO5/c1-13(20(24)22-12-14-2-5-16(21)6-3-14)27-19(23)11-15-4-7-17-18(10-15)26-9-8-25-17/h2-7,10,13H,8-9,11-12H2,1H3,(H,22,24)/t13-/m1/s1. The molecule has 0 spiro atoms. The van der Waals surface area contributed by atoms with Gasteiger partial charge in [0.05, 0.1) is 6.42 Å². The van der Waals surface area contributed by atoms with Crippen LogP contribution in [0.15, 0.2) is 42.5 Å². The van der Waals surface area contributed by atoms with Crippen molar-refractivity contribution in [2.45, 2.75) is 26.0 Å². The average molecular weight is 373 g/mol. The van der Waals surface area contributed by atoms with Crippen LogP contribution in [0.4, 0.5) is 4.39 Å². The Kier molecular flexibility index (Phi) is 5.90. The molecule has 0 aliphatic carbocycles. The Balaban J connectivity index is 1.48. The molecule has 1 atom stereocenters. The van der Waals surface area contributed by atoms with Crippen LogP contribution >= 0.6 is 0 Å². The van der Waals surface area contributed by atoms with Crippen molar-refractivity contribution >= 4 is 11.9 Å². The number of esters is 1. The van der Waals surface area contributed by atoms with E-state index in [1.165, 1.54) is 19.1 Å². The number of halogens is 1. The van der Waals surface area contributed by atoms with Gasteiger partial charge in [-0.1, -0.05) is 18.2 Å². The van der Waals surface area contributed by atoms with Crippen LogP contribution in [0.3, 0.4) is 0 Å². The SMILES string of the molecule is C[C@@H](OC(=O)Cc1ccc2c(c1)OCCO2)C(=O)NCc1ccc(F)cc1. The molecule has 0 saturated carbocycles. The van der Waals surface area contributed by atoms with Gasteiger partial charge in [-0.3, -0.25) is 9.59 Å². The van der Waals surface area contributed by atoms with Gasteiger partial charge in [0.2, 0.25) is 0 Å². The molecule has 7 heteroatoms. The number of nitrogens with one attached hydrogen (secondary N) is 1. The Morgan fingerprint density at radius 3 is 2.48 bits per heavy atom. The fourth-order valence-electron chi connectivity index (χ4n) is 2.59. The van der Waals surface area contributed by atoms with Crippen molar-refractivity contribution in [3.8, 4) is 11.5 Å². The molecule has 142 valence electrons. The Morgan fingerprint density at radius 1 is 1.07 bits per heavy atom. The molecule has 0 radical (unpaired) electrons. The van der Waals surface area contributed by atoms with Crippen LogP contribution in [0, 0.1) is 5.82 Å². The van der Waals surface area contributed by atoms with Crippen LogP contribution < -0.4 is 14.8 Å². The summed E-state index contributed by atoms with van der Waals surface area (Å²) in [6.45, 7) is 2.69. The molecule has 0 saturated heterocycles. The first-order valence-corrected chi connectivity index (χ1v) is 8.61. The second-order valence-corrected chi connectivity index (χ2v) is 6.13. The molecular formula is C20H20FNO5. The Hall–Kier alpha value is -3.09. The highest BCUT2D eigenvalue weighted by Crippen LogP contribution is 2.30. The second kappa shape index (κ2) is 8.53. The summed E-state index contributed by atoms with van der Waals surface area (Å²) < 4.78 is 29.0. The largest absolute Gasteiger partial charge is 0.486 e. The maximum Gasteiger partial charge on any atom is 0.311 e. The third-order valence-electron chi connectivity index (χ3n) is 4.01. The van der Waals surface area contributed by atoms with Gasteiger partial charge < -0.3 is 19.5 Å². The molecule has 0 bridgehead atoms. The molecule has 1 N–H and O–H groups in total. The van der Waals surface area contributed by atoms with E-state index < -0.39 is 18.0 Å². The minimum atomic E-state index is -0.935. The maximum atomic E-state index is 12.9. The summed E-state index contributed by atoms with van der Waals surface area (Å²) in [5.74, 6) is -0.0407. The Labute approximate surface area is 156 Å². The number of carbonyl (C=O) groups excluding carboxylic acids is 2. The van der Waals surface area contributed by atoms with Gasteiger partial charge in [-0.2, -0.15) is 0 Å². The summed E-state index contributed by atoms with van der Waals surface area (Å²) in [7, 11) is 0. The molecule has 2 aromatic carbocycles. The predicted octanol–water partition coefficient (Wildman–Crippen LogP) is 2.39. The molecule has 1 aliphatic rings. The fourth-order valence-corrected chi connectivity index (χ4v) is 2.59. The number of hydrogen-bond donors (Lipinski definition) is 1. The molecule has 0 fully saturated rings. The van der Waals surface area contributed by atoms with E-state index in [1.54, 1.807) is 30.3 Å². The van der Waals surface area contributed by atoms with Gasteiger partial charge >= 0.3 is 5.97 Å². The molecule has 0 aromatic heterocycles. The van der Waals surface area contributed by atoms with Crippen molar-refractivity contribution < 1.29 is 28.2 Å². The van der Waals surface area contributed by atoms with Crippen molar-refractivity contribution in [3.63, 3.8) is 0 Å². The number of rotatable bonds is 6. The van der Waals surface area contributed by atoms with Crippen molar-refractivity contribution in [2.75, 3.05) is 13.2 Å². The smallest absolute Gasteiger partial charge is 0.311 e. The quantitative estimate of drug-likeness (QED) is 0.787. The van der Waals surface area contributed by atoms with E-state index in [-0.39, 0.29) is 18.8 Å². The first kappa shape index (κ1) is 18.7. The number of fused-ring (bicyclic) bond motifs is 1. The monoisotopic (exact) mass is 373 g/mol. The number of amides is 1. The van der Waals surface area contributed by atoms with Crippen LogP contribution in [0.5, 0.6) is 11.5 Å². The Bertz CT molecular complexity index is 822. The first-order valence-electron chi connectivity index (χ1n) is 8.61. The van der Waals surface area contributed by atoms with Crippen LogP contribution in [0.2, 0.25) is 0 Å². The Morgan fingerprint density at radius 2 is 1.74 bits per heavy atom. The first-order chi connectivity index (χ1) is 13.0. The minimum Gasteiger partial charge on any atom is -0.486 e. The van der Waals surface area contributed by atoms with E-state index in [2.05, 4.69) is 5.32 Å². The van der Waals surface area contributed by atoms with Gasteiger partial charge in [-0.25, -0.2) is 4.39 Å². The summed E-state index contributed by atoms with van der Waals surface area (Å²) in [5, 5.41) is 2.65. The molecule has 27 heavy (non-hydrogen) atoms. The van der Waals surface area contributed by atoms with Crippen molar-refractivity contribution in [1.82, 2.24) is 5.32 Å². The lowest BCUT2D eigenvalue weighted by atomic mass is 10.1. The normalized spacial score (nSPS) is 13.6. The number of ether oxygens (including phenoxy) is 3. The van der Waals surface area contributed by atoms with E-state index in [9.17, 15) is 14.0 Å². The lowest BCUT2D eigenvalue weighted by molar-refractivity contribution is -0.154. The molecule has 1 heterocycles. The van der Waals surface area contributed by atoms with Crippen LogP contribution in [0.1, 0.15) is 18.1 Å².